The number of halogens is 6. The van der Waals surface area contributed by atoms with Crippen molar-refractivity contribution in [2.75, 3.05) is 0 Å². The zero-order chi connectivity index (χ0) is 27.3. The molecule has 0 fully saturated rings. The molecule has 0 spiro atoms. The van der Waals surface area contributed by atoms with Gasteiger partial charge in [0.15, 0.2) is 5.78 Å². The highest BCUT2D eigenvalue weighted by Crippen LogP contribution is 2.46. The van der Waals surface area contributed by atoms with Crippen molar-refractivity contribution in [1.29, 1.82) is 0 Å². The number of hydrogen-bond acceptors (Lipinski definition) is 4. The predicted octanol–water partition coefficient (Wildman–Crippen LogP) is 8.28. The smallest absolute Gasteiger partial charge is 0.282 e. The average molecular weight is 797 g/mol. The number of fused-ring (bicyclic) bond motifs is 1. The molecule has 190 valence electrons. The van der Waals surface area contributed by atoms with Crippen LogP contribution < -0.4 is 0 Å². The molecule has 0 N–H and O–H groups in total. The Hall–Kier alpha value is -1.56. The van der Waals surface area contributed by atoms with Gasteiger partial charge >= 0.3 is 0 Å². The molecule has 4 rings (SSSR count). The highest BCUT2D eigenvalue weighted by Gasteiger charge is 2.48. The van der Waals surface area contributed by atoms with Gasteiger partial charge in [0.25, 0.3) is 17.7 Å². The fourth-order valence-corrected chi connectivity index (χ4v) is 6.56. The van der Waals surface area contributed by atoms with Gasteiger partial charge in [0.2, 0.25) is 0 Å². The molecule has 0 radical (unpaired) electrons. The van der Waals surface area contributed by atoms with E-state index in [0.29, 0.717) is 28.5 Å². The van der Waals surface area contributed by atoms with Crippen molar-refractivity contribution in [3.8, 4) is 0 Å². The molecule has 3 aromatic carbocycles. The number of Topliss-reactive ketones (excluding diaryl/α,β-unsaturated/α-hetero) is 1. The topological polar surface area (TPSA) is 74.8 Å². The van der Waals surface area contributed by atoms with Crippen LogP contribution in [0.15, 0.2) is 60.4 Å². The molecule has 1 atom stereocenters. The lowest BCUT2D eigenvalue weighted by molar-refractivity contribution is -0.00685. The lowest BCUT2D eigenvalue weighted by atomic mass is 10.0. The summed E-state index contributed by atoms with van der Waals surface area (Å²) < 4.78 is 1.62. The van der Waals surface area contributed by atoms with Gasteiger partial charge in [0.1, 0.15) is 6.04 Å². The monoisotopic (exact) mass is 792 g/mol. The average Bonchev–Trinajstić information content (AvgIpc) is 3.13. The molecule has 1 aliphatic heterocycles. The second-order valence-electron chi connectivity index (χ2n) is 8.11. The number of rotatable bonds is 5. The number of aryl methyl sites for hydroxylation is 1. The SMILES string of the molecule is Cc1ccc(C(=O)[C@H](C)N(C(=O)c2ccc(Cl)c(Cl)c2)N2C(=O)c3c(Br)c(Br)c(Br)c(Br)c3C2=O)cc1. The van der Waals surface area contributed by atoms with E-state index in [1.807, 2.05) is 6.92 Å². The van der Waals surface area contributed by atoms with Crippen LogP contribution in [0.25, 0.3) is 0 Å². The summed E-state index contributed by atoms with van der Waals surface area (Å²) in [7, 11) is 0. The summed E-state index contributed by atoms with van der Waals surface area (Å²) in [5.74, 6) is -2.81. The summed E-state index contributed by atoms with van der Waals surface area (Å²) >= 11 is 25.7. The van der Waals surface area contributed by atoms with E-state index >= 15 is 0 Å². The Labute approximate surface area is 255 Å². The minimum Gasteiger partial charge on any atom is -0.292 e. The minimum absolute atomic E-state index is 0.0360. The molecular formula is C25H14Br4Cl2N2O4. The van der Waals surface area contributed by atoms with Crippen molar-refractivity contribution in [2.24, 2.45) is 0 Å². The molecule has 0 unspecified atom stereocenters. The third-order valence-electron chi connectivity index (χ3n) is 5.75. The Balaban J connectivity index is 1.88. The Morgan fingerprint density at radius 2 is 1.27 bits per heavy atom. The van der Waals surface area contributed by atoms with Crippen LogP contribution in [0.4, 0.5) is 0 Å². The first-order valence-corrected chi connectivity index (χ1v) is 14.4. The molecule has 1 aliphatic rings. The number of hydrogen-bond donors (Lipinski definition) is 0. The first kappa shape index (κ1) is 28.4. The lowest BCUT2D eigenvalue weighted by Crippen LogP contribution is -2.56. The third-order valence-corrected chi connectivity index (χ3v) is 11.3. The van der Waals surface area contributed by atoms with Gasteiger partial charge < -0.3 is 0 Å². The van der Waals surface area contributed by atoms with Crippen molar-refractivity contribution in [2.45, 2.75) is 19.9 Å². The minimum atomic E-state index is -1.24. The van der Waals surface area contributed by atoms with Crippen molar-refractivity contribution < 1.29 is 19.2 Å². The Kier molecular flexibility index (Phi) is 8.38. The van der Waals surface area contributed by atoms with Crippen LogP contribution in [-0.4, -0.2) is 39.6 Å². The Morgan fingerprint density at radius 1 is 0.784 bits per heavy atom. The Morgan fingerprint density at radius 3 is 1.76 bits per heavy atom. The third kappa shape index (κ3) is 4.96. The number of carbonyl (C=O) groups excluding carboxylic acids is 4. The van der Waals surface area contributed by atoms with Crippen molar-refractivity contribution >= 4 is 110 Å². The maximum absolute atomic E-state index is 13.9. The van der Waals surface area contributed by atoms with Crippen molar-refractivity contribution in [1.82, 2.24) is 10.0 Å². The van der Waals surface area contributed by atoms with E-state index < -0.39 is 29.5 Å². The summed E-state index contributed by atoms with van der Waals surface area (Å²) in [4.78, 5) is 54.8. The molecule has 37 heavy (non-hydrogen) atoms. The van der Waals surface area contributed by atoms with Crippen LogP contribution in [0.2, 0.25) is 10.0 Å². The maximum Gasteiger partial charge on any atom is 0.282 e. The van der Waals surface area contributed by atoms with E-state index in [2.05, 4.69) is 63.7 Å². The number of benzene rings is 3. The number of imide groups is 1. The summed E-state index contributed by atoms with van der Waals surface area (Å²) in [6, 6.07) is 9.68. The number of amides is 3. The zero-order valence-electron chi connectivity index (χ0n) is 18.9. The molecule has 0 saturated heterocycles. The predicted molar refractivity (Wildman–Crippen MR) is 155 cm³/mol. The molecule has 0 aliphatic carbocycles. The summed E-state index contributed by atoms with van der Waals surface area (Å²) in [5, 5.41) is 1.89. The fourth-order valence-electron chi connectivity index (χ4n) is 3.80. The van der Waals surface area contributed by atoms with Crippen LogP contribution in [0, 0.1) is 6.92 Å². The molecular weight excluding hydrogens is 783 g/mol. The molecule has 0 bridgehead atoms. The van der Waals surface area contributed by atoms with Gasteiger partial charge in [-0.05, 0) is 95.8 Å². The molecule has 0 aromatic heterocycles. The number of hydrazine groups is 1. The van der Waals surface area contributed by atoms with E-state index in [1.54, 1.807) is 24.3 Å². The molecule has 6 nitrogen and oxygen atoms in total. The van der Waals surface area contributed by atoms with Crippen LogP contribution in [0.3, 0.4) is 0 Å². The van der Waals surface area contributed by atoms with Crippen molar-refractivity contribution in [3.05, 3.63) is 98.2 Å². The Bertz CT molecular complexity index is 1460. The zero-order valence-corrected chi connectivity index (χ0v) is 26.8. The number of ketones is 1. The van der Waals surface area contributed by atoms with Gasteiger partial charge in [-0.3, -0.25) is 19.2 Å². The maximum atomic E-state index is 13.9. The van der Waals surface area contributed by atoms with E-state index in [0.717, 1.165) is 10.6 Å². The van der Waals surface area contributed by atoms with E-state index in [-0.39, 0.29) is 26.7 Å². The molecule has 0 saturated carbocycles. The highest BCUT2D eigenvalue weighted by atomic mass is 79.9. The molecule has 3 aromatic rings. The van der Waals surface area contributed by atoms with Crippen LogP contribution in [0.1, 0.15) is 53.9 Å². The molecule has 12 heteroatoms. The highest BCUT2D eigenvalue weighted by molar-refractivity contribution is 9.15. The summed E-state index contributed by atoms with van der Waals surface area (Å²) in [6.45, 7) is 3.33. The quantitative estimate of drug-likeness (QED) is 0.113. The first-order chi connectivity index (χ1) is 17.4. The van der Waals surface area contributed by atoms with E-state index in [9.17, 15) is 19.2 Å². The van der Waals surface area contributed by atoms with Gasteiger partial charge in [0, 0.05) is 29.0 Å². The fraction of sp³-hybridized carbons (Fsp3) is 0.120. The number of carbonyl (C=O) groups is 4. The lowest BCUT2D eigenvalue weighted by Gasteiger charge is -2.34. The summed E-state index contributed by atoms with van der Waals surface area (Å²) in [6.07, 6.45) is 0. The summed E-state index contributed by atoms with van der Waals surface area (Å²) in [5.41, 5.74) is 1.37. The molecule has 3 amide bonds. The first-order valence-electron chi connectivity index (χ1n) is 10.5. The second kappa shape index (κ2) is 10.9. The van der Waals surface area contributed by atoms with Crippen molar-refractivity contribution in [3.63, 3.8) is 0 Å². The normalized spacial score (nSPS) is 13.6. The number of nitrogens with zero attached hydrogens (tertiary/aromatic N) is 2. The standard InChI is InChI=1S/C25H14Br4Cl2N2O4/c1-10-3-5-12(6-4-10)22(34)11(2)32(23(35)13-7-8-14(30)15(31)9-13)33-24(36)16-17(25(33)37)19(27)21(29)20(28)18(16)26/h3-9,11H,1-2H3/t11-/m0/s1. The van der Waals surface area contributed by atoms with Gasteiger partial charge in [-0.2, -0.15) is 5.01 Å². The molecule has 1 heterocycles. The van der Waals surface area contributed by atoms with Gasteiger partial charge in [0.05, 0.1) is 21.2 Å². The van der Waals surface area contributed by atoms with Gasteiger partial charge in [-0.25, -0.2) is 5.01 Å². The van der Waals surface area contributed by atoms with Gasteiger partial charge in [-0.1, -0.05) is 53.0 Å². The van der Waals surface area contributed by atoms with Crippen LogP contribution in [0.5, 0.6) is 0 Å². The van der Waals surface area contributed by atoms with E-state index in [1.165, 1.54) is 25.1 Å². The van der Waals surface area contributed by atoms with Crippen LogP contribution in [-0.2, 0) is 0 Å². The van der Waals surface area contributed by atoms with Crippen LogP contribution >= 0.6 is 86.9 Å². The van der Waals surface area contributed by atoms with Gasteiger partial charge in [-0.15, -0.1) is 0 Å². The second-order valence-corrected chi connectivity index (χ2v) is 12.1. The largest absolute Gasteiger partial charge is 0.292 e. The van der Waals surface area contributed by atoms with E-state index in [4.69, 9.17) is 23.2 Å².